The van der Waals surface area contributed by atoms with Crippen LogP contribution in [-0.4, -0.2) is 33.3 Å². The van der Waals surface area contributed by atoms with Crippen LogP contribution in [0.2, 0.25) is 5.02 Å². The highest BCUT2D eigenvalue weighted by atomic mass is 35.5. The number of ether oxygens (including phenoxy) is 1. The van der Waals surface area contributed by atoms with Crippen molar-refractivity contribution in [2.45, 2.75) is 19.8 Å². The molecule has 0 fully saturated rings. The van der Waals surface area contributed by atoms with E-state index < -0.39 is 0 Å². The fourth-order valence-electron chi connectivity index (χ4n) is 1.74. The monoisotopic (exact) mass is 326 g/mol. The predicted molar refractivity (Wildman–Crippen MR) is 84.2 cm³/mol. The summed E-state index contributed by atoms with van der Waals surface area (Å²) in [6.07, 6.45) is 1.57. The first-order valence-electron chi connectivity index (χ1n) is 6.22. The molecule has 0 aliphatic carbocycles. The minimum atomic E-state index is -0.0980. The van der Waals surface area contributed by atoms with Crippen molar-refractivity contribution in [3.8, 4) is 11.5 Å². The van der Waals surface area contributed by atoms with Crippen molar-refractivity contribution in [1.82, 2.24) is 14.9 Å². The second-order valence-electron chi connectivity index (χ2n) is 4.65. The van der Waals surface area contributed by atoms with Crippen molar-refractivity contribution in [3.05, 3.63) is 33.3 Å². The zero-order chi connectivity index (χ0) is 15.6. The molecule has 1 aromatic heterocycles. The van der Waals surface area contributed by atoms with Gasteiger partial charge in [0.05, 0.1) is 18.3 Å². The predicted octanol–water partition coefficient (Wildman–Crippen LogP) is 3.31. The average molecular weight is 327 g/mol. The van der Waals surface area contributed by atoms with Gasteiger partial charge in [-0.3, -0.25) is 5.10 Å². The van der Waals surface area contributed by atoms with Crippen molar-refractivity contribution in [1.29, 1.82) is 0 Å². The lowest BCUT2D eigenvalue weighted by Crippen LogP contribution is -2.01. The summed E-state index contributed by atoms with van der Waals surface area (Å²) in [6.45, 7) is 3.99. The molecule has 0 bridgehead atoms. The Morgan fingerprint density at radius 3 is 2.86 bits per heavy atom. The van der Waals surface area contributed by atoms with Gasteiger partial charge in [-0.15, -0.1) is 0 Å². The summed E-state index contributed by atoms with van der Waals surface area (Å²) in [5.74, 6) is 1.09. The number of aromatic nitrogens is 3. The third kappa shape index (κ3) is 3.25. The first kappa shape index (κ1) is 15.5. The van der Waals surface area contributed by atoms with E-state index in [1.807, 2.05) is 13.8 Å². The molecule has 2 N–H and O–H groups in total. The number of rotatable bonds is 4. The van der Waals surface area contributed by atoms with Gasteiger partial charge in [-0.1, -0.05) is 25.4 Å². The van der Waals surface area contributed by atoms with Gasteiger partial charge in [0.25, 0.3) is 0 Å². The molecule has 2 aromatic rings. The van der Waals surface area contributed by atoms with Crippen LogP contribution in [0.1, 0.15) is 31.2 Å². The van der Waals surface area contributed by atoms with Gasteiger partial charge in [0.1, 0.15) is 0 Å². The Morgan fingerprint density at radius 1 is 1.52 bits per heavy atom. The second kappa shape index (κ2) is 6.28. The Bertz CT molecular complexity index is 736. The van der Waals surface area contributed by atoms with Gasteiger partial charge in [0, 0.05) is 5.92 Å². The van der Waals surface area contributed by atoms with Crippen LogP contribution in [0.4, 0.5) is 0 Å². The molecule has 0 radical (unpaired) electrons. The fourth-order valence-corrected chi connectivity index (χ4v) is 2.14. The lowest BCUT2D eigenvalue weighted by Gasteiger charge is -2.06. The topological polar surface area (TPSA) is 75.4 Å². The van der Waals surface area contributed by atoms with E-state index >= 15 is 0 Å². The van der Waals surface area contributed by atoms with Crippen molar-refractivity contribution in [3.63, 3.8) is 0 Å². The summed E-state index contributed by atoms with van der Waals surface area (Å²) in [5, 5.41) is 21.0. The summed E-state index contributed by atoms with van der Waals surface area (Å²) in [5.41, 5.74) is 0.674. The maximum Gasteiger partial charge on any atom is 0.216 e. The largest absolute Gasteiger partial charge is 0.503 e. The highest BCUT2D eigenvalue weighted by Gasteiger charge is 2.10. The van der Waals surface area contributed by atoms with E-state index in [0.29, 0.717) is 10.3 Å². The van der Waals surface area contributed by atoms with Gasteiger partial charge in [-0.2, -0.15) is 14.9 Å². The van der Waals surface area contributed by atoms with E-state index in [-0.39, 0.29) is 22.4 Å². The highest BCUT2D eigenvalue weighted by Crippen LogP contribution is 2.34. The van der Waals surface area contributed by atoms with Crippen LogP contribution in [0.5, 0.6) is 11.5 Å². The highest BCUT2D eigenvalue weighted by molar-refractivity contribution is 7.71. The Morgan fingerprint density at radius 2 is 2.24 bits per heavy atom. The Hall–Kier alpha value is -1.86. The molecule has 1 aromatic carbocycles. The van der Waals surface area contributed by atoms with Crippen LogP contribution in [0.3, 0.4) is 0 Å². The molecule has 112 valence electrons. The van der Waals surface area contributed by atoms with Gasteiger partial charge < -0.3 is 9.84 Å². The number of benzene rings is 1. The van der Waals surface area contributed by atoms with E-state index in [4.69, 9.17) is 28.6 Å². The normalized spacial score (nSPS) is 11.5. The van der Waals surface area contributed by atoms with Crippen LogP contribution < -0.4 is 4.74 Å². The Balaban J connectivity index is 2.41. The van der Waals surface area contributed by atoms with Gasteiger partial charge >= 0.3 is 0 Å². The molecule has 0 atom stereocenters. The number of phenolic OH excluding ortho intramolecular Hbond substituents is 1. The summed E-state index contributed by atoms with van der Waals surface area (Å²) in [6, 6.07) is 3.21. The molecular weight excluding hydrogens is 312 g/mol. The second-order valence-corrected chi connectivity index (χ2v) is 5.45. The van der Waals surface area contributed by atoms with E-state index in [9.17, 15) is 5.11 Å². The molecule has 0 spiro atoms. The molecule has 1 heterocycles. The number of aromatic amines is 1. The zero-order valence-corrected chi connectivity index (χ0v) is 13.4. The Kier molecular flexibility index (Phi) is 4.64. The molecule has 0 amide bonds. The van der Waals surface area contributed by atoms with E-state index in [2.05, 4.69) is 15.3 Å². The SMILES string of the molecule is COc1cc(/C=N\n2c(C(C)C)n[nH]c2=S)cc(Cl)c1O. The van der Waals surface area contributed by atoms with Crippen molar-refractivity contribution in [2.75, 3.05) is 7.11 Å². The maximum absolute atomic E-state index is 9.70. The van der Waals surface area contributed by atoms with Crippen LogP contribution in [0.15, 0.2) is 17.2 Å². The minimum Gasteiger partial charge on any atom is -0.503 e. The van der Waals surface area contributed by atoms with Crippen molar-refractivity contribution < 1.29 is 9.84 Å². The number of nitrogens with one attached hydrogen (secondary N) is 1. The molecule has 6 nitrogen and oxygen atoms in total. The maximum atomic E-state index is 9.70. The van der Waals surface area contributed by atoms with Crippen molar-refractivity contribution >= 4 is 30.0 Å². The number of nitrogens with zero attached hydrogens (tertiary/aromatic N) is 3. The number of aromatic hydroxyl groups is 1. The standard InChI is InChI=1S/C13H15ClN4O2S/c1-7(2)12-16-17-13(21)18(12)15-6-8-4-9(14)11(19)10(5-8)20-3/h4-7,19H,1-3H3,(H,17,21)/b15-6-. The molecule has 0 saturated carbocycles. The number of hydrogen-bond acceptors (Lipinski definition) is 5. The zero-order valence-electron chi connectivity index (χ0n) is 11.8. The molecule has 0 aliphatic rings. The molecule has 2 rings (SSSR count). The molecular formula is C13H15ClN4O2S. The number of phenols is 1. The Labute approximate surface area is 132 Å². The van der Waals surface area contributed by atoms with Gasteiger partial charge in [-0.25, -0.2) is 0 Å². The third-order valence-corrected chi connectivity index (χ3v) is 3.34. The average Bonchev–Trinajstić information content (AvgIpc) is 2.81. The quantitative estimate of drug-likeness (QED) is 0.667. The molecule has 0 unspecified atom stereocenters. The van der Waals surface area contributed by atoms with Crippen LogP contribution in [-0.2, 0) is 0 Å². The lowest BCUT2D eigenvalue weighted by molar-refractivity contribution is 0.373. The summed E-state index contributed by atoms with van der Waals surface area (Å²) >= 11 is 11.1. The van der Waals surface area contributed by atoms with Crippen LogP contribution >= 0.6 is 23.8 Å². The fraction of sp³-hybridized carbons (Fsp3) is 0.308. The first-order valence-corrected chi connectivity index (χ1v) is 7.00. The van der Waals surface area contributed by atoms with Crippen LogP contribution in [0, 0.1) is 4.77 Å². The first-order chi connectivity index (χ1) is 9.93. The van der Waals surface area contributed by atoms with E-state index in [1.165, 1.54) is 7.11 Å². The van der Waals surface area contributed by atoms with Crippen molar-refractivity contribution in [2.24, 2.45) is 5.10 Å². The van der Waals surface area contributed by atoms with Gasteiger partial charge in [0.15, 0.2) is 17.3 Å². The molecule has 0 saturated heterocycles. The molecule has 8 heteroatoms. The summed E-state index contributed by atoms with van der Waals surface area (Å²) in [7, 11) is 1.45. The smallest absolute Gasteiger partial charge is 0.216 e. The number of methoxy groups -OCH3 is 1. The number of halogens is 1. The van der Waals surface area contributed by atoms with E-state index in [0.717, 1.165) is 5.82 Å². The lowest BCUT2D eigenvalue weighted by atomic mass is 10.2. The van der Waals surface area contributed by atoms with Crippen LogP contribution in [0.25, 0.3) is 0 Å². The third-order valence-electron chi connectivity index (χ3n) is 2.78. The minimum absolute atomic E-state index is 0.0980. The van der Waals surface area contributed by atoms with Gasteiger partial charge in [-0.05, 0) is 29.9 Å². The molecule has 21 heavy (non-hydrogen) atoms. The van der Waals surface area contributed by atoms with E-state index in [1.54, 1.807) is 23.0 Å². The number of hydrogen-bond donors (Lipinski definition) is 2. The van der Waals surface area contributed by atoms with Gasteiger partial charge in [0.2, 0.25) is 4.77 Å². The molecule has 0 aliphatic heterocycles. The number of H-pyrrole nitrogens is 1. The summed E-state index contributed by atoms with van der Waals surface area (Å²) < 4.78 is 7.01. The summed E-state index contributed by atoms with van der Waals surface area (Å²) in [4.78, 5) is 0.